The van der Waals surface area contributed by atoms with Crippen molar-refractivity contribution in [1.82, 2.24) is 9.80 Å². The number of nitrogens with zero attached hydrogens (tertiary/aromatic N) is 2. The molecule has 222 valence electrons. The van der Waals surface area contributed by atoms with Crippen LogP contribution in [0.25, 0.3) is 0 Å². The van der Waals surface area contributed by atoms with Crippen LogP contribution in [-0.2, 0) is 23.1 Å². The molecule has 1 saturated carbocycles. The van der Waals surface area contributed by atoms with Gasteiger partial charge in [0.15, 0.2) is 11.5 Å². The van der Waals surface area contributed by atoms with Crippen LogP contribution in [0.15, 0.2) is 60.7 Å². The Balaban J connectivity index is 1.24. The highest BCUT2D eigenvalue weighted by molar-refractivity contribution is 5.94. The van der Waals surface area contributed by atoms with Gasteiger partial charge in [-0.2, -0.15) is 0 Å². The van der Waals surface area contributed by atoms with Crippen molar-refractivity contribution in [2.75, 3.05) is 20.1 Å². The van der Waals surface area contributed by atoms with E-state index in [-0.39, 0.29) is 29.7 Å². The van der Waals surface area contributed by atoms with Crippen molar-refractivity contribution in [1.29, 1.82) is 0 Å². The number of carbonyl (C=O) groups is 1. The second-order valence-corrected chi connectivity index (χ2v) is 13.3. The van der Waals surface area contributed by atoms with E-state index in [4.69, 9.17) is 4.74 Å². The molecule has 4 aliphatic rings. The van der Waals surface area contributed by atoms with Gasteiger partial charge in [-0.15, -0.1) is 0 Å². The first-order valence-electron chi connectivity index (χ1n) is 15.5. The van der Waals surface area contributed by atoms with Gasteiger partial charge in [0, 0.05) is 36.7 Å². The van der Waals surface area contributed by atoms with Crippen molar-refractivity contribution in [2.24, 2.45) is 5.92 Å². The average molecular weight is 577 g/mol. The molecule has 2 bridgehead atoms. The third-order valence-electron chi connectivity index (χ3n) is 11.0. The van der Waals surface area contributed by atoms with Crippen LogP contribution in [0.5, 0.6) is 11.5 Å². The SMILES string of the molecule is Cc1ccc(C#CC(=O)N(C)[C@H]2[C@H](C)C[C@@]3(O)[C@H]4Cc5ccc(O)c6c5[C@@]3(CCN4CCc3ccccc3)[C@H]2O6)cc1C. The summed E-state index contributed by atoms with van der Waals surface area (Å²) in [5.41, 5.74) is 4.75. The number of piperidine rings is 1. The van der Waals surface area contributed by atoms with E-state index in [1.807, 2.05) is 44.3 Å². The van der Waals surface area contributed by atoms with Crippen molar-refractivity contribution in [3.05, 3.63) is 94.0 Å². The lowest BCUT2D eigenvalue weighted by Gasteiger charge is -2.66. The molecule has 3 aromatic rings. The van der Waals surface area contributed by atoms with E-state index in [0.717, 1.165) is 41.8 Å². The number of carbonyl (C=O) groups excluding carboxylic acids is 1. The number of phenolic OH excluding ortho intramolecular Hbond substituents is 1. The van der Waals surface area contributed by atoms with Crippen LogP contribution in [0.4, 0.5) is 0 Å². The van der Waals surface area contributed by atoms with Crippen LogP contribution < -0.4 is 4.74 Å². The molecule has 7 rings (SSSR count). The van der Waals surface area contributed by atoms with E-state index in [2.05, 4.69) is 54.9 Å². The Hall–Kier alpha value is -3.79. The molecule has 2 N–H and O–H groups in total. The number of hydrogen-bond acceptors (Lipinski definition) is 5. The number of hydrogen-bond donors (Lipinski definition) is 2. The van der Waals surface area contributed by atoms with Crippen molar-refractivity contribution in [2.45, 2.75) is 75.7 Å². The first-order valence-corrected chi connectivity index (χ1v) is 15.5. The Labute approximate surface area is 254 Å². The molecule has 1 spiro atoms. The Morgan fingerprint density at radius 2 is 1.91 bits per heavy atom. The van der Waals surface area contributed by atoms with E-state index in [0.29, 0.717) is 25.0 Å². The highest BCUT2D eigenvalue weighted by Gasteiger charge is 2.74. The fourth-order valence-electron chi connectivity index (χ4n) is 8.82. The van der Waals surface area contributed by atoms with Crippen molar-refractivity contribution >= 4 is 5.91 Å². The fraction of sp³-hybridized carbons (Fsp3) is 0.432. The number of likely N-dealkylation sites (tertiary alicyclic amines) is 1. The first kappa shape index (κ1) is 28.0. The van der Waals surface area contributed by atoms with Gasteiger partial charge in [-0.25, -0.2) is 0 Å². The smallest absolute Gasteiger partial charge is 0.298 e. The first-order chi connectivity index (χ1) is 20.6. The van der Waals surface area contributed by atoms with Gasteiger partial charge in [0.1, 0.15) is 6.10 Å². The highest BCUT2D eigenvalue weighted by Crippen LogP contribution is 2.66. The minimum atomic E-state index is -1.05. The predicted octanol–water partition coefficient (Wildman–Crippen LogP) is 4.53. The van der Waals surface area contributed by atoms with Crippen LogP contribution in [0.1, 0.15) is 53.1 Å². The second-order valence-electron chi connectivity index (χ2n) is 13.3. The molecule has 6 atom stereocenters. The van der Waals surface area contributed by atoms with Crippen LogP contribution in [0, 0.1) is 31.6 Å². The van der Waals surface area contributed by atoms with Gasteiger partial charge in [-0.3, -0.25) is 9.69 Å². The predicted molar refractivity (Wildman–Crippen MR) is 166 cm³/mol. The van der Waals surface area contributed by atoms with Crippen LogP contribution in [-0.4, -0.2) is 69.8 Å². The molecule has 6 nitrogen and oxygen atoms in total. The molecule has 2 fully saturated rings. The van der Waals surface area contributed by atoms with E-state index in [1.165, 1.54) is 11.1 Å². The largest absolute Gasteiger partial charge is 0.504 e. The van der Waals surface area contributed by atoms with E-state index in [9.17, 15) is 15.0 Å². The van der Waals surface area contributed by atoms with Crippen LogP contribution in [0.3, 0.4) is 0 Å². The number of benzene rings is 3. The molecule has 43 heavy (non-hydrogen) atoms. The van der Waals surface area contributed by atoms with E-state index < -0.39 is 17.1 Å². The van der Waals surface area contributed by atoms with Crippen LogP contribution in [0.2, 0.25) is 0 Å². The molecule has 1 saturated heterocycles. The maximum atomic E-state index is 13.6. The number of rotatable bonds is 4. The van der Waals surface area contributed by atoms with Crippen molar-refractivity contribution in [3.8, 4) is 23.3 Å². The Morgan fingerprint density at radius 3 is 2.67 bits per heavy atom. The van der Waals surface area contributed by atoms with Gasteiger partial charge in [0.25, 0.3) is 5.91 Å². The van der Waals surface area contributed by atoms with E-state index >= 15 is 0 Å². The van der Waals surface area contributed by atoms with Gasteiger partial charge in [0.2, 0.25) is 0 Å². The van der Waals surface area contributed by atoms with Gasteiger partial charge >= 0.3 is 0 Å². The maximum Gasteiger partial charge on any atom is 0.298 e. The van der Waals surface area contributed by atoms with Gasteiger partial charge in [-0.1, -0.05) is 55.3 Å². The van der Waals surface area contributed by atoms with Gasteiger partial charge in [0.05, 0.1) is 17.1 Å². The normalized spacial score (nSPS) is 30.1. The number of aryl methyl sites for hydroxylation is 2. The standard InChI is InChI=1S/C37H40N2O4/c1-23-10-11-27(20-24(23)2)12-15-31(41)38(4)33-25(3)22-37(42)30-21-28-13-14-29(40)34-32(28)36(37,35(33)43-34)17-19-39(30)18-16-26-8-6-5-7-9-26/h5-11,13-14,20,25,30,33,35,40,42H,16-19,21-22H2,1-4H3/t25-,30-,33+,35+,36+,37-/m1/s1. The molecule has 0 radical (unpaired) electrons. The van der Waals surface area contributed by atoms with E-state index in [1.54, 1.807) is 11.0 Å². The molecule has 2 heterocycles. The second kappa shape index (κ2) is 10.1. The zero-order valence-electron chi connectivity index (χ0n) is 25.4. The Morgan fingerprint density at radius 1 is 1.12 bits per heavy atom. The van der Waals surface area contributed by atoms with Crippen molar-refractivity contribution < 1.29 is 19.7 Å². The number of aromatic hydroxyl groups is 1. The summed E-state index contributed by atoms with van der Waals surface area (Å²) in [4.78, 5) is 17.8. The number of ether oxygens (including phenoxy) is 1. The number of aliphatic hydroxyl groups is 1. The Kier molecular flexibility index (Phi) is 6.61. The zero-order valence-corrected chi connectivity index (χ0v) is 25.4. The summed E-state index contributed by atoms with van der Waals surface area (Å²) in [6.07, 6.45) is 2.38. The molecule has 2 aliphatic carbocycles. The quantitative estimate of drug-likeness (QED) is 0.447. The summed E-state index contributed by atoms with van der Waals surface area (Å²) in [7, 11) is 1.81. The zero-order chi connectivity index (χ0) is 30.1. The lowest BCUT2D eigenvalue weighted by Crippen LogP contribution is -2.79. The topological polar surface area (TPSA) is 73.2 Å². The van der Waals surface area contributed by atoms with Gasteiger partial charge in [-0.05, 0) is 92.4 Å². The summed E-state index contributed by atoms with van der Waals surface area (Å²) in [5, 5.41) is 23.9. The summed E-state index contributed by atoms with van der Waals surface area (Å²) >= 11 is 0. The molecular formula is C37H40N2O4. The monoisotopic (exact) mass is 576 g/mol. The Bertz CT molecular complexity index is 1660. The molecule has 2 aliphatic heterocycles. The molecule has 1 amide bonds. The fourth-order valence-corrected chi connectivity index (χ4v) is 8.82. The van der Waals surface area contributed by atoms with Gasteiger partial charge < -0.3 is 19.8 Å². The average Bonchev–Trinajstić information content (AvgIpc) is 3.34. The molecule has 0 unspecified atom stereocenters. The number of phenols is 1. The minimum absolute atomic E-state index is 0.0462. The summed E-state index contributed by atoms with van der Waals surface area (Å²) < 4.78 is 6.71. The number of amides is 1. The minimum Gasteiger partial charge on any atom is -0.504 e. The summed E-state index contributed by atoms with van der Waals surface area (Å²) in [5.74, 6) is 6.21. The highest BCUT2D eigenvalue weighted by atomic mass is 16.5. The molecule has 3 aromatic carbocycles. The summed E-state index contributed by atoms with van der Waals surface area (Å²) in [6.45, 7) is 7.90. The lowest BCUT2D eigenvalue weighted by molar-refractivity contribution is -0.211. The summed E-state index contributed by atoms with van der Waals surface area (Å²) in [6, 6.07) is 19.8. The molecule has 0 aromatic heterocycles. The maximum absolute atomic E-state index is 13.6. The lowest BCUT2D eigenvalue weighted by atomic mass is 9.46. The molecular weight excluding hydrogens is 536 g/mol. The van der Waals surface area contributed by atoms with Crippen molar-refractivity contribution in [3.63, 3.8) is 0 Å². The van der Waals surface area contributed by atoms with Crippen LogP contribution >= 0.6 is 0 Å². The third kappa shape index (κ3) is 4.12. The molecule has 6 heteroatoms. The third-order valence-corrected chi connectivity index (χ3v) is 11.0. The number of likely N-dealkylation sites (N-methyl/N-ethyl adjacent to an activating group) is 1.